The molecule has 0 saturated heterocycles. The highest BCUT2D eigenvalue weighted by atomic mass is 15.2. The van der Waals surface area contributed by atoms with Crippen molar-refractivity contribution in [2.24, 2.45) is 0 Å². The Morgan fingerprint density at radius 2 is 1.46 bits per heavy atom. The molecule has 1 aromatic heterocycles. The summed E-state index contributed by atoms with van der Waals surface area (Å²) in [5, 5.41) is 10.4. The fourth-order valence-corrected chi connectivity index (χ4v) is 9.53. The van der Waals surface area contributed by atoms with Gasteiger partial charge in [-0.05, 0) is 128 Å². The first kappa shape index (κ1) is 32.6. The van der Waals surface area contributed by atoms with Crippen LogP contribution in [0.3, 0.4) is 0 Å². The van der Waals surface area contributed by atoms with Crippen LogP contribution in [0.2, 0.25) is 0 Å². The fraction of sp³-hybridized carbons (Fsp3) is 0.173. The van der Waals surface area contributed by atoms with E-state index in [1.54, 1.807) is 0 Å². The molecule has 2 nitrogen and oxygen atoms in total. The maximum absolute atomic E-state index is 4.88. The van der Waals surface area contributed by atoms with Crippen LogP contribution >= 0.6 is 0 Å². The van der Waals surface area contributed by atoms with Crippen LogP contribution in [0.4, 0.5) is 5.69 Å². The molecule has 3 aliphatic rings. The van der Waals surface area contributed by atoms with E-state index in [4.69, 9.17) is 4.98 Å². The van der Waals surface area contributed by atoms with E-state index in [1.165, 1.54) is 93.4 Å². The van der Waals surface area contributed by atoms with Crippen LogP contribution < -0.4 is 4.90 Å². The van der Waals surface area contributed by atoms with Crippen molar-refractivity contribution in [1.29, 1.82) is 0 Å². The molecule has 2 unspecified atom stereocenters. The van der Waals surface area contributed by atoms with Gasteiger partial charge in [-0.25, -0.2) is 0 Å². The first-order chi connectivity index (χ1) is 26.7. The van der Waals surface area contributed by atoms with E-state index in [2.05, 4.69) is 177 Å². The van der Waals surface area contributed by atoms with Crippen molar-refractivity contribution in [2.45, 2.75) is 57.9 Å². The zero-order valence-electron chi connectivity index (χ0n) is 31.1. The van der Waals surface area contributed by atoms with Gasteiger partial charge in [-0.3, -0.25) is 4.98 Å². The van der Waals surface area contributed by atoms with Gasteiger partial charge < -0.3 is 4.90 Å². The number of fused-ring (bicyclic) bond motifs is 9. The SMILES string of the molecule is C/C=C(\CCC)c1cc2c3c(cncc3c1)N(C1=CCCC(c3cccc(-c4ccc5c6ccccc6c6ccccc6c5c4)c3)=C1)C1C=CC=CC2C1. The van der Waals surface area contributed by atoms with Crippen molar-refractivity contribution < 1.29 is 0 Å². The number of benzene rings is 6. The summed E-state index contributed by atoms with van der Waals surface area (Å²) in [6.45, 7) is 4.44. The highest BCUT2D eigenvalue weighted by Gasteiger charge is 2.32. The van der Waals surface area contributed by atoms with E-state index in [9.17, 15) is 0 Å². The predicted molar refractivity (Wildman–Crippen MR) is 232 cm³/mol. The standard InChI is InChI=1S/C52H44N2/c1-3-13-34(4-2)40-27-41-32-53-33-51-52(41)49(31-40)39-14-5-6-18-42(29-39)54(51)43-19-12-17-37(28-43)35-15-11-16-36(26-35)38-24-25-48-46-22-8-7-20-44(46)45-21-9-10-23-47(45)50(48)30-38/h4-11,14-16,18-28,30-33,39,42H,3,12-13,17,29H2,1-2H3/b34-4+. The van der Waals surface area contributed by atoms with Gasteiger partial charge in [0.1, 0.15) is 0 Å². The number of hydrogen-bond acceptors (Lipinski definition) is 2. The molecule has 0 saturated carbocycles. The molecular weight excluding hydrogens is 653 g/mol. The molecule has 0 radical (unpaired) electrons. The van der Waals surface area contributed by atoms with Crippen molar-refractivity contribution in [1.82, 2.24) is 4.98 Å². The average Bonchev–Trinajstić information content (AvgIpc) is 3.55. The Balaban J connectivity index is 1.06. The van der Waals surface area contributed by atoms with Gasteiger partial charge in [0.2, 0.25) is 0 Å². The van der Waals surface area contributed by atoms with Crippen molar-refractivity contribution in [2.75, 3.05) is 4.90 Å². The zero-order chi connectivity index (χ0) is 36.2. The summed E-state index contributed by atoms with van der Waals surface area (Å²) in [6.07, 6.45) is 26.0. The lowest BCUT2D eigenvalue weighted by Crippen LogP contribution is -2.33. The quantitative estimate of drug-likeness (QED) is 0.161. The summed E-state index contributed by atoms with van der Waals surface area (Å²) < 4.78 is 0. The third kappa shape index (κ3) is 5.43. The van der Waals surface area contributed by atoms with Crippen molar-refractivity contribution in [3.8, 4) is 11.1 Å². The number of allylic oxidation sites excluding steroid dienone is 8. The first-order valence-corrected chi connectivity index (χ1v) is 19.7. The van der Waals surface area contributed by atoms with E-state index in [0.29, 0.717) is 5.92 Å². The van der Waals surface area contributed by atoms with Crippen LogP contribution in [0.1, 0.15) is 68.6 Å². The molecule has 2 bridgehead atoms. The van der Waals surface area contributed by atoms with Crippen molar-refractivity contribution in [3.05, 3.63) is 180 Å². The van der Waals surface area contributed by atoms with Gasteiger partial charge in [-0.15, -0.1) is 0 Å². The van der Waals surface area contributed by atoms with Gasteiger partial charge in [-0.1, -0.05) is 135 Å². The molecule has 2 heteroatoms. The van der Waals surface area contributed by atoms with Gasteiger partial charge in [0.25, 0.3) is 0 Å². The second-order valence-corrected chi connectivity index (χ2v) is 15.2. The third-order valence-corrected chi connectivity index (χ3v) is 12.1. The van der Waals surface area contributed by atoms with Crippen LogP contribution in [0.5, 0.6) is 0 Å². The molecule has 2 atom stereocenters. The highest BCUT2D eigenvalue weighted by molar-refractivity contribution is 6.25. The largest absolute Gasteiger partial charge is 0.333 e. The van der Waals surface area contributed by atoms with E-state index < -0.39 is 0 Å². The van der Waals surface area contributed by atoms with Crippen LogP contribution in [0.25, 0.3) is 65.4 Å². The normalized spacial score (nSPS) is 18.3. The Morgan fingerprint density at radius 1 is 0.741 bits per heavy atom. The second-order valence-electron chi connectivity index (χ2n) is 15.2. The molecule has 0 fully saturated rings. The minimum atomic E-state index is 0.224. The summed E-state index contributed by atoms with van der Waals surface area (Å²) in [4.78, 5) is 7.47. The minimum Gasteiger partial charge on any atom is -0.333 e. The first-order valence-electron chi connectivity index (χ1n) is 19.7. The molecule has 0 amide bonds. The summed E-state index contributed by atoms with van der Waals surface area (Å²) in [6, 6.07) is 39.0. The zero-order valence-corrected chi connectivity index (χ0v) is 31.1. The summed E-state index contributed by atoms with van der Waals surface area (Å²) in [7, 11) is 0. The monoisotopic (exact) mass is 696 g/mol. The van der Waals surface area contributed by atoms with Gasteiger partial charge in [-0.2, -0.15) is 0 Å². The second kappa shape index (κ2) is 13.5. The molecular formula is C52H44N2. The summed E-state index contributed by atoms with van der Waals surface area (Å²) >= 11 is 0. The van der Waals surface area contributed by atoms with E-state index in [-0.39, 0.29) is 6.04 Å². The molecule has 6 aromatic carbocycles. The number of anilines is 1. The lowest BCUT2D eigenvalue weighted by Gasteiger charge is -2.34. The topological polar surface area (TPSA) is 16.1 Å². The Labute approximate surface area is 318 Å². The van der Waals surface area contributed by atoms with Crippen LogP contribution in [-0.2, 0) is 0 Å². The Hall–Kier alpha value is -5.99. The van der Waals surface area contributed by atoms with Crippen molar-refractivity contribution >= 4 is 59.9 Å². The van der Waals surface area contributed by atoms with Crippen LogP contribution in [-0.4, -0.2) is 11.0 Å². The maximum atomic E-state index is 4.88. The number of nitrogens with zero attached hydrogens (tertiary/aromatic N) is 2. The fourth-order valence-electron chi connectivity index (χ4n) is 9.53. The summed E-state index contributed by atoms with van der Waals surface area (Å²) in [5.74, 6) is 0.333. The lowest BCUT2D eigenvalue weighted by atomic mass is 9.87. The molecule has 7 aromatic rings. The van der Waals surface area contributed by atoms with Gasteiger partial charge in [0.05, 0.1) is 17.9 Å². The Kier molecular flexibility index (Phi) is 8.13. The summed E-state index contributed by atoms with van der Waals surface area (Å²) in [5.41, 5.74) is 11.8. The van der Waals surface area contributed by atoms with Gasteiger partial charge in [0, 0.05) is 28.6 Å². The lowest BCUT2D eigenvalue weighted by molar-refractivity contribution is 0.651. The molecule has 2 heterocycles. The maximum Gasteiger partial charge on any atom is 0.0685 e. The molecule has 1 aliphatic heterocycles. The smallest absolute Gasteiger partial charge is 0.0685 e. The third-order valence-electron chi connectivity index (χ3n) is 12.1. The van der Waals surface area contributed by atoms with Crippen LogP contribution in [0, 0.1) is 0 Å². The predicted octanol–water partition coefficient (Wildman–Crippen LogP) is 14.1. The number of aromatic nitrogens is 1. The molecule has 0 N–H and O–H groups in total. The minimum absolute atomic E-state index is 0.224. The molecule has 54 heavy (non-hydrogen) atoms. The Bertz CT molecular complexity index is 2760. The molecule has 262 valence electrons. The van der Waals surface area contributed by atoms with E-state index in [1.807, 2.05) is 0 Å². The number of rotatable bonds is 6. The highest BCUT2D eigenvalue weighted by Crippen LogP contribution is 2.46. The van der Waals surface area contributed by atoms with Gasteiger partial charge >= 0.3 is 0 Å². The molecule has 2 aliphatic carbocycles. The molecule has 10 rings (SSSR count). The van der Waals surface area contributed by atoms with Crippen molar-refractivity contribution in [3.63, 3.8) is 0 Å². The van der Waals surface area contributed by atoms with E-state index in [0.717, 1.165) is 32.1 Å². The molecule has 0 spiro atoms. The number of hydrogen-bond donors (Lipinski definition) is 0. The Morgan fingerprint density at radius 3 is 2.24 bits per heavy atom. The van der Waals surface area contributed by atoms with E-state index >= 15 is 0 Å². The number of pyridine rings is 1. The van der Waals surface area contributed by atoms with Crippen LogP contribution in [0.15, 0.2) is 164 Å². The van der Waals surface area contributed by atoms with Gasteiger partial charge in [0.15, 0.2) is 0 Å². The average molecular weight is 697 g/mol.